The standard InChI is InChI=1S/C26H30ClN3O4/c1-6-33-24-14-19(11-12-23(24)34-16-25(31)30(17(2)3)18(4)5)13-20(15-28)26(32)29-22-10-8-7-9-21(22)27/h7-14,17-18H,6,16H2,1-5H3,(H,29,32)/b20-13+. The highest BCUT2D eigenvalue weighted by Gasteiger charge is 2.21. The van der Waals surface area contributed by atoms with Gasteiger partial charge in [-0.3, -0.25) is 9.59 Å². The van der Waals surface area contributed by atoms with Crippen LogP contribution < -0.4 is 14.8 Å². The second kappa shape index (κ2) is 12.7. The summed E-state index contributed by atoms with van der Waals surface area (Å²) >= 11 is 6.08. The molecule has 0 heterocycles. The molecule has 180 valence electrons. The summed E-state index contributed by atoms with van der Waals surface area (Å²) in [7, 11) is 0. The Balaban J connectivity index is 2.22. The minimum atomic E-state index is -0.582. The van der Waals surface area contributed by atoms with E-state index >= 15 is 0 Å². The van der Waals surface area contributed by atoms with Gasteiger partial charge in [0.25, 0.3) is 11.8 Å². The topological polar surface area (TPSA) is 91.7 Å². The van der Waals surface area contributed by atoms with Gasteiger partial charge in [0.05, 0.1) is 17.3 Å². The summed E-state index contributed by atoms with van der Waals surface area (Å²) in [5.41, 5.74) is 0.880. The van der Waals surface area contributed by atoms with Crippen molar-refractivity contribution in [1.29, 1.82) is 5.26 Å². The molecule has 0 radical (unpaired) electrons. The van der Waals surface area contributed by atoms with E-state index in [2.05, 4.69) is 5.32 Å². The predicted octanol–water partition coefficient (Wildman–Crippen LogP) is 5.31. The van der Waals surface area contributed by atoms with Crippen molar-refractivity contribution in [2.45, 2.75) is 46.7 Å². The third kappa shape index (κ3) is 7.26. The molecule has 2 amide bonds. The van der Waals surface area contributed by atoms with Crippen LogP contribution in [-0.2, 0) is 9.59 Å². The van der Waals surface area contributed by atoms with Gasteiger partial charge in [-0.1, -0.05) is 29.8 Å². The Kier molecular flexibility index (Phi) is 9.96. The van der Waals surface area contributed by atoms with E-state index in [4.69, 9.17) is 21.1 Å². The fourth-order valence-electron chi connectivity index (χ4n) is 3.46. The Bertz CT molecular complexity index is 1080. The summed E-state index contributed by atoms with van der Waals surface area (Å²) in [6.07, 6.45) is 1.45. The molecule has 0 saturated carbocycles. The SMILES string of the molecule is CCOc1cc(/C=C(\C#N)C(=O)Nc2ccccc2Cl)ccc1OCC(=O)N(C(C)C)C(C)C. The van der Waals surface area contributed by atoms with Crippen LogP contribution >= 0.6 is 11.6 Å². The van der Waals surface area contributed by atoms with Crippen molar-refractivity contribution >= 4 is 35.2 Å². The van der Waals surface area contributed by atoms with E-state index in [-0.39, 0.29) is 30.2 Å². The number of ether oxygens (including phenoxy) is 2. The van der Waals surface area contributed by atoms with Crippen molar-refractivity contribution in [3.63, 3.8) is 0 Å². The lowest BCUT2D eigenvalue weighted by molar-refractivity contribution is -0.137. The molecule has 0 aliphatic heterocycles. The van der Waals surface area contributed by atoms with Gasteiger partial charge in [-0.2, -0.15) is 5.26 Å². The molecule has 0 aromatic heterocycles. The number of rotatable bonds is 10. The van der Waals surface area contributed by atoms with E-state index in [0.717, 1.165) is 0 Å². The van der Waals surface area contributed by atoms with Gasteiger partial charge in [-0.25, -0.2) is 0 Å². The average Bonchev–Trinajstić information content (AvgIpc) is 2.78. The number of halogens is 1. The Hall–Kier alpha value is -3.50. The lowest BCUT2D eigenvalue weighted by Gasteiger charge is -2.30. The smallest absolute Gasteiger partial charge is 0.266 e. The molecule has 0 atom stereocenters. The zero-order valence-corrected chi connectivity index (χ0v) is 20.8. The molecular weight excluding hydrogens is 454 g/mol. The van der Waals surface area contributed by atoms with Gasteiger partial charge < -0.3 is 19.7 Å². The molecule has 8 heteroatoms. The number of benzene rings is 2. The lowest BCUT2D eigenvalue weighted by Crippen LogP contribution is -2.44. The van der Waals surface area contributed by atoms with E-state index < -0.39 is 5.91 Å². The van der Waals surface area contributed by atoms with Crippen molar-refractivity contribution in [3.8, 4) is 17.6 Å². The van der Waals surface area contributed by atoms with Gasteiger partial charge in [0.2, 0.25) is 0 Å². The fraction of sp³-hybridized carbons (Fsp3) is 0.346. The van der Waals surface area contributed by atoms with Gasteiger partial charge in [0.15, 0.2) is 18.1 Å². The zero-order chi connectivity index (χ0) is 25.3. The highest BCUT2D eigenvalue weighted by Crippen LogP contribution is 2.30. The van der Waals surface area contributed by atoms with Crippen molar-refractivity contribution < 1.29 is 19.1 Å². The highest BCUT2D eigenvalue weighted by atomic mass is 35.5. The minimum Gasteiger partial charge on any atom is -0.490 e. The maximum Gasteiger partial charge on any atom is 0.266 e. The van der Waals surface area contributed by atoms with E-state index in [9.17, 15) is 14.9 Å². The van der Waals surface area contributed by atoms with Crippen LogP contribution in [0.1, 0.15) is 40.2 Å². The summed E-state index contributed by atoms with van der Waals surface area (Å²) < 4.78 is 11.4. The number of hydrogen-bond donors (Lipinski definition) is 1. The summed E-state index contributed by atoms with van der Waals surface area (Å²) in [5.74, 6) is 0.105. The quantitative estimate of drug-likeness (QED) is 0.365. The maximum atomic E-state index is 12.6. The highest BCUT2D eigenvalue weighted by molar-refractivity contribution is 6.34. The molecule has 0 unspecified atom stereocenters. The Morgan fingerprint density at radius 2 is 1.76 bits per heavy atom. The molecule has 1 N–H and O–H groups in total. The number of carbonyl (C=O) groups excluding carboxylic acids is 2. The molecule has 0 saturated heterocycles. The number of nitrogens with one attached hydrogen (secondary N) is 1. The Morgan fingerprint density at radius 1 is 1.09 bits per heavy atom. The second-order valence-electron chi connectivity index (χ2n) is 8.02. The van der Waals surface area contributed by atoms with Crippen LogP contribution in [0.25, 0.3) is 6.08 Å². The second-order valence-corrected chi connectivity index (χ2v) is 8.43. The molecule has 0 aliphatic rings. The van der Waals surface area contributed by atoms with Crippen LogP contribution in [0.3, 0.4) is 0 Å². The Morgan fingerprint density at radius 3 is 2.35 bits per heavy atom. The number of para-hydroxylation sites is 1. The van der Waals surface area contributed by atoms with Crippen LogP contribution in [0.2, 0.25) is 5.02 Å². The molecule has 2 rings (SSSR count). The molecule has 2 aromatic rings. The molecule has 7 nitrogen and oxygen atoms in total. The van der Waals surface area contributed by atoms with E-state index in [1.807, 2.05) is 40.7 Å². The first kappa shape index (κ1) is 26.7. The van der Waals surface area contributed by atoms with Crippen LogP contribution in [0.15, 0.2) is 48.0 Å². The van der Waals surface area contributed by atoms with Gasteiger partial charge in [0.1, 0.15) is 11.6 Å². The number of nitriles is 1. The van der Waals surface area contributed by atoms with Gasteiger partial charge in [0, 0.05) is 12.1 Å². The molecule has 0 bridgehead atoms. The van der Waals surface area contributed by atoms with E-state index in [0.29, 0.717) is 34.4 Å². The van der Waals surface area contributed by atoms with Crippen LogP contribution in [-0.4, -0.2) is 42.0 Å². The normalized spacial score (nSPS) is 11.2. The van der Waals surface area contributed by atoms with E-state index in [1.165, 1.54) is 6.08 Å². The van der Waals surface area contributed by atoms with Crippen LogP contribution in [0, 0.1) is 11.3 Å². The van der Waals surface area contributed by atoms with Crippen molar-refractivity contribution in [3.05, 3.63) is 58.6 Å². The van der Waals surface area contributed by atoms with Gasteiger partial charge in [-0.15, -0.1) is 0 Å². The van der Waals surface area contributed by atoms with E-state index in [1.54, 1.807) is 47.4 Å². The van der Waals surface area contributed by atoms with Crippen molar-refractivity contribution in [2.24, 2.45) is 0 Å². The van der Waals surface area contributed by atoms with Crippen molar-refractivity contribution in [2.75, 3.05) is 18.5 Å². The van der Waals surface area contributed by atoms with Gasteiger partial charge >= 0.3 is 0 Å². The number of nitrogens with zero attached hydrogens (tertiary/aromatic N) is 2. The lowest BCUT2D eigenvalue weighted by atomic mass is 10.1. The predicted molar refractivity (Wildman–Crippen MR) is 134 cm³/mol. The third-order valence-electron chi connectivity index (χ3n) is 4.82. The summed E-state index contributed by atoms with van der Waals surface area (Å²) in [5, 5.41) is 12.5. The van der Waals surface area contributed by atoms with Gasteiger partial charge in [-0.05, 0) is 70.5 Å². The molecule has 2 aromatic carbocycles. The summed E-state index contributed by atoms with van der Waals surface area (Å²) in [4.78, 5) is 27.0. The number of anilines is 1. The number of carbonyl (C=O) groups is 2. The maximum absolute atomic E-state index is 12.6. The molecule has 0 fully saturated rings. The molecular formula is C26H30ClN3O4. The Labute approximate surface area is 205 Å². The average molecular weight is 484 g/mol. The number of hydrogen-bond acceptors (Lipinski definition) is 5. The van der Waals surface area contributed by atoms with Crippen molar-refractivity contribution in [1.82, 2.24) is 4.90 Å². The molecule has 34 heavy (non-hydrogen) atoms. The minimum absolute atomic E-state index is 0.0521. The fourth-order valence-corrected chi connectivity index (χ4v) is 3.64. The number of amides is 2. The zero-order valence-electron chi connectivity index (χ0n) is 20.1. The molecule has 0 aliphatic carbocycles. The van der Waals surface area contributed by atoms with Crippen LogP contribution in [0.4, 0.5) is 5.69 Å². The summed E-state index contributed by atoms with van der Waals surface area (Å²) in [6.45, 7) is 9.90. The first-order valence-corrected chi connectivity index (χ1v) is 11.4. The molecule has 0 spiro atoms. The summed E-state index contributed by atoms with van der Waals surface area (Å²) in [6, 6.07) is 13.8. The third-order valence-corrected chi connectivity index (χ3v) is 5.15. The van der Waals surface area contributed by atoms with Crippen LogP contribution in [0.5, 0.6) is 11.5 Å². The first-order valence-electron chi connectivity index (χ1n) is 11.1. The first-order chi connectivity index (χ1) is 16.2. The monoisotopic (exact) mass is 483 g/mol. The largest absolute Gasteiger partial charge is 0.490 e.